The van der Waals surface area contributed by atoms with Crippen molar-refractivity contribution >= 4 is 29.5 Å². The summed E-state index contributed by atoms with van der Waals surface area (Å²) >= 11 is 0. The van der Waals surface area contributed by atoms with E-state index in [4.69, 9.17) is 0 Å². The number of nitrogens with zero attached hydrogens (tertiary/aromatic N) is 1. The van der Waals surface area contributed by atoms with Crippen LogP contribution in [0.1, 0.15) is 26.3 Å². The first-order valence-corrected chi connectivity index (χ1v) is 7.07. The molecule has 0 unspecified atom stereocenters. The lowest BCUT2D eigenvalue weighted by atomic mass is 10.1. The van der Waals surface area contributed by atoms with Gasteiger partial charge in [-0.2, -0.15) is 0 Å². The lowest BCUT2D eigenvalue weighted by Crippen LogP contribution is -2.24. The van der Waals surface area contributed by atoms with Crippen LogP contribution >= 0.6 is 0 Å². The van der Waals surface area contributed by atoms with Crippen molar-refractivity contribution in [1.82, 2.24) is 4.90 Å². The van der Waals surface area contributed by atoms with Crippen LogP contribution in [0.2, 0.25) is 0 Å². The number of imide groups is 1. The highest BCUT2D eigenvalue weighted by atomic mass is 16.2. The van der Waals surface area contributed by atoms with Crippen molar-refractivity contribution in [3.05, 3.63) is 71.3 Å². The van der Waals surface area contributed by atoms with Crippen molar-refractivity contribution in [2.45, 2.75) is 0 Å². The van der Waals surface area contributed by atoms with Gasteiger partial charge in [0, 0.05) is 18.8 Å². The standard InChI is InChI=1S/C18H14N2O3/c1-20-17(22)14-9-8-13(11-15(14)18(20)23)19-16(21)10-7-12-5-3-2-4-6-12/h2-11H,1H3,(H,19,21)/b10-7-. The van der Waals surface area contributed by atoms with E-state index >= 15 is 0 Å². The second-order valence-electron chi connectivity index (χ2n) is 5.16. The van der Waals surface area contributed by atoms with Gasteiger partial charge in [-0.25, -0.2) is 0 Å². The number of nitrogens with one attached hydrogen (secondary N) is 1. The lowest BCUT2D eigenvalue weighted by Gasteiger charge is -2.03. The molecule has 5 heteroatoms. The van der Waals surface area contributed by atoms with Crippen molar-refractivity contribution in [1.29, 1.82) is 0 Å². The highest BCUT2D eigenvalue weighted by Gasteiger charge is 2.32. The van der Waals surface area contributed by atoms with E-state index in [1.165, 1.54) is 19.2 Å². The fraction of sp³-hybridized carbons (Fsp3) is 0.0556. The molecule has 5 nitrogen and oxygen atoms in total. The third kappa shape index (κ3) is 2.89. The van der Waals surface area contributed by atoms with Crippen LogP contribution in [-0.4, -0.2) is 29.7 Å². The van der Waals surface area contributed by atoms with Gasteiger partial charge < -0.3 is 5.32 Å². The number of fused-ring (bicyclic) bond motifs is 1. The Bertz CT molecular complexity index is 825. The van der Waals surface area contributed by atoms with Gasteiger partial charge in [-0.15, -0.1) is 0 Å². The Morgan fingerprint density at radius 3 is 2.43 bits per heavy atom. The number of anilines is 1. The summed E-state index contributed by atoms with van der Waals surface area (Å²) in [5.41, 5.74) is 2.06. The van der Waals surface area contributed by atoms with Gasteiger partial charge in [0.15, 0.2) is 0 Å². The van der Waals surface area contributed by atoms with Gasteiger partial charge in [0.1, 0.15) is 0 Å². The van der Waals surface area contributed by atoms with Crippen molar-refractivity contribution < 1.29 is 14.4 Å². The summed E-state index contributed by atoms with van der Waals surface area (Å²) in [7, 11) is 1.44. The third-order valence-electron chi connectivity index (χ3n) is 3.58. The normalized spacial score (nSPS) is 13.5. The van der Waals surface area contributed by atoms with E-state index in [9.17, 15) is 14.4 Å². The number of carbonyl (C=O) groups is 3. The van der Waals surface area contributed by atoms with Crippen LogP contribution in [0.25, 0.3) is 6.08 Å². The Labute approximate surface area is 133 Å². The van der Waals surface area contributed by atoms with Crippen LogP contribution in [-0.2, 0) is 4.79 Å². The molecule has 1 aliphatic rings. The second-order valence-corrected chi connectivity index (χ2v) is 5.16. The summed E-state index contributed by atoms with van der Waals surface area (Å²) in [6.45, 7) is 0. The van der Waals surface area contributed by atoms with Crippen molar-refractivity contribution in [3.8, 4) is 0 Å². The van der Waals surface area contributed by atoms with Gasteiger partial charge in [0.2, 0.25) is 5.91 Å². The Kier molecular flexibility index (Phi) is 3.76. The molecule has 0 aromatic heterocycles. The molecular formula is C18H14N2O3. The third-order valence-corrected chi connectivity index (χ3v) is 3.58. The molecule has 114 valence electrons. The molecule has 3 rings (SSSR count). The lowest BCUT2D eigenvalue weighted by molar-refractivity contribution is -0.111. The quantitative estimate of drug-likeness (QED) is 0.700. The van der Waals surface area contributed by atoms with E-state index in [1.807, 2.05) is 30.3 Å². The highest BCUT2D eigenvalue weighted by Crippen LogP contribution is 2.24. The first kappa shape index (κ1) is 14.7. The minimum atomic E-state index is -0.360. The van der Waals surface area contributed by atoms with Crippen LogP contribution in [0, 0.1) is 0 Å². The highest BCUT2D eigenvalue weighted by molar-refractivity contribution is 6.21. The minimum Gasteiger partial charge on any atom is -0.322 e. The Balaban J connectivity index is 1.75. The average Bonchev–Trinajstić information content (AvgIpc) is 2.78. The summed E-state index contributed by atoms with van der Waals surface area (Å²) in [5, 5.41) is 2.68. The molecule has 0 bridgehead atoms. The molecule has 0 spiro atoms. The zero-order valence-electron chi connectivity index (χ0n) is 12.4. The molecule has 1 aliphatic heterocycles. The van der Waals surface area contributed by atoms with E-state index in [1.54, 1.807) is 18.2 Å². The number of benzene rings is 2. The summed E-state index contributed by atoms with van der Waals surface area (Å²) in [6.07, 6.45) is 3.12. The average molecular weight is 306 g/mol. The first-order valence-electron chi connectivity index (χ1n) is 7.07. The van der Waals surface area contributed by atoms with Gasteiger partial charge in [0.05, 0.1) is 11.1 Å². The van der Waals surface area contributed by atoms with Crippen LogP contribution in [0.4, 0.5) is 5.69 Å². The van der Waals surface area contributed by atoms with Gasteiger partial charge in [-0.3, -0.25) is 19.3 Å². The fourth-order valence-corrected chi connectivity index (χ4v) is 2.36. The van der Waals surface area contributed by atoms with E-state index in [0.29, 0.717) is 16.8 Å². The zero-order chi connectivity index (χ0) is 16.4. The van der Waals surface area contributed by atoms with Gasteiger partial charge >= 0.3 is 0 Å². The van der Waals surface area contributed by atoms with Crippen molar-refractivity contribution in [3.63, 3.8) is 0 Å². The molecule has 23 heavy (non-hydrogen) atoms. The number of hydrogen-bond acceptors (Lipinski definition) is 3. The summed E-state index contributed by atoms with van der Waals surface area (Å²) in [4.78, 5) is 36.7. The molecule has 0 saturated carbocycles. The number of amides is 3. The number of rotatable bonds is 3. The van der Waals surface area contributed by atoms with E-state index in [2.05, 4.69) is 5.32 Å². The second kappa shape index (κ2) is 5.88. The van der Waals surface area contributed by atoms with Crippen LogP contribution in [0.5, 0.6) is 0 Å². The summed E-state index contributed by atoms with van der Waals surface area (Å²) in [6, 6.07) is 14.1. The number of hydrogen-bond donors (Lipinski definition) is 1. The molecule has 0 fully saturated rings. The molecule has 1 N–H and O–H groups in total. The molecule has 0 radical (unpaired) electrons. The van der Waals surface area contributed by atoms with Crippen molar-refractivity contribution in [2.75, 3.05) is 12.4 Å². The van der Waals surface area contributed by atoms with E-state index < -0.39 is 0 Å². The topological polar surface area (TPSA) is 66.5 Å². The van der Waals surface area contributed by atoms with Gasteiger partial charge in [-0.05, 0) is 29.8 Å². The fourth-order valence-electron chi connectivity index (χ4n) is 2.36. The van der Waals surface area contributed by atoms with Gasteiger partial charge in [0.25, 0.3) is 11.8 Å². The number of carbonyl (C=O) groups excluding carboxylic acids is 3. The molecule has 1 heterocycles. The molecule has 0 aliphatic carbocycles. The molecule has 0 atom stereocenters. The molecule has 2 aromatic rings. The Morgan fingerprint density at radius 2 is 1.70 bits per heavy atom. The SMILES string of the molecule is CN1C(=O)c2ccc(NC(=O)/C=C\c3ccccc3)cc2C1=O. The van der Waals surface area contributed by atoms with Crippen LogP contribution in [0.3, 0.4) is 0 Å². The zero-order valence-corrected chi connectivity index (χ0v) is 12.4. The van der Waals surface area contributed by atoms with Crippen molar-refractivity contribution in [2.24, 2.45) is 0 Å². The van der Waals surface area contributed by atoms with Crippen LogP contribution < -0.4 is 5.32 Å². The Hall–Kier alpha value is -3.21. The predicted molar refractivity (Wildman–Crippen MR) is 87.0 cm³/mol. The molecule has 2 aromatic carbocycles. The summed E-state index contributed by atoms with van der Waals surface area (Å²) in [5.74, 6) is -0.994. The molecule has 3 amide bonds. The molecule has 0 saturated heterocycles. The maximum atomic E-state index is 11.9. The maximum Gasteiger partial charge on any atom is 0.261 e. The van der Waals surface area contributed by atoms with Gasteiger partial charge in [-0.1, -0.05) is 30.3 Å². The van der Waals surface area contributed by atoms with E-state index in [-0.39, 0.29) is 17.7 Å². The predicted octanol–water partition coefficient (Wildman–Crippen LogP) is 2.56. The van der Waals surface area contributed by atoms with E-state index in [0.717, 1.165) is 10.5 Å². The Morgan fingerprint density at radius 1 is 1.00 bits per heavy atom. The summed E-state index contributed by atoms with van der Waals surface area (Å²) < 4.78 is 0. The monoisotopic (exact) mass is 306 g/mol. The maximum absolute atomic E-state index is 11.9. The van der Waals surface area contributed by atoms with Crippen LogP contribution in [0.15, 0.2) is 54.6 Å². The largest absolute Gasteiger partial charge is 0.322 e. The minimum absolute atomic E-state index is 0.307. The molecular weight excluding hydrogens is 292 g/mol. The smallest absolute Gasteiger partial charge is 0.261 e. The first-order chi connectivity index (χ1) is 11.1.